The number of rotatable bonds is 1. The number of hydrogen-bond acceptors (Lipinski definition) is 3. The van der Waals surface area contributed by atoms with Gasteiger partial charge in [0.25, 0.3) is 0 Å². The summed E-state index contributed by atoms with van der Waals surface area (Å²) in [5.41, 5.74) is 0.551. The average Bonchev–Trinajstić information content (AvgIpc) is 2.45. The smallest absolute Gasteiger partial charge is 0.269 e. The van der Waals surface area contributed by atoms with Gasteiger partial charge in [-0.25, -0.2) is 4.31 Å². The molecule has 1 N–H and O–H groups in total. The summed E-state index contributed by atoms with van der Waals surface area (Å²) in [6, 6.07) is 7.07. The highest BCUT2D eigenvalue weighted by Crippen LogP contribution is 2.39. The average molecular weight is 254 g/mol. The molecular formula is C7H8ClNO3S2. The van der Waals surface area contributed by atoms with Gasteiger partial charge in [0.1, 0.15) is 0 Å². The van der Waals surface area contributed by atoms with Crippen molar-refractivity contribution in [2.45, 2.75) is 4.90 Å². The van der Waals surface area contributed by atoms with Crippen LogP contribution in [0.1, 0.15) is 0 Å². The predicted octanol–water partition coefficient (Wildman–Crippen LogP) is 1.78. The Hall–Kier alpha value is -0.430. The van der Waals surface area contributed by atoms with Crippen LogP contribution < -0.4 is 4.31 Å². The number of hydrogen-bond donors (Lipinski definition) is 1. The van der Waals surface area contributed by atoms with Crippen LogP contribution in [-0.4, -0.2) is 18.8 Å². The second-order valence-electron chi connectivity index (χ2n) is 2.57. The molecule has 1 aliphatic rings. The van der Waals surface area contributed by atoms with Crippen molar-refractivity contribution in [1.82, 2.24) is 0 Å². The molecular weight excluding hydrogens is 246 g/mol. The quantitative estimate of drug-likeness (QED) is 0.775. The lowest BCUT2D eigenvalue weighted by Gasteiger charge is -2.12. The third kappa shape index (κ3) is 1.98. The summed E-state index contributed by atoms with van der Waals surface area (Å²) >= 11 is 1.39. The number of halogens is 1. The Morgan fingerprint density at radius 3 is 2.64 bits per heavy atom. The highest BCUT2D eigenvalue weighted by Gasteiger charge is 2.27. The van der Waals surface area contributed by atoms with Crippen LogP contribution in [-0.2, 0) is 10.3 Å². The normalized spacial score (nSPS) is 14.8. The van der Waals surface area contributed by atoms with Crippen molar-refractivity contribution in [2.24, 2.45) is 0 Å². The number of anilines is 1. The van der Waals surface area contributed by atoms with E-state index < -0.39 is 10.3 Å². The summed E-state index contributed by atoms with van der Waals surface area (Å²) in [5.74, 6) is 0.248. The van der Waals surface area contributed by atoms with E-state index in [0.717, 1.165) is 9.20 Å². The van der Waals surface area contributed by atoms with Gasteiger partial charge in [0, 0.05) is 4.90 Å². The molecule has 1 aromatic carbocycles. The van der Waals surface area contributed by atoms with Crippen LogP contribution in [0.15, 0.2) is 29.2 Å². The number of thioether (sulfide) groups is 1. The molecule has 1 heterocycles. The molecule has 0 amide bonds. The molecule has 0 fully saturated rings. The molecule has 0 saturated heterocycles. The Labute approximate surface area is 92.6 Å². The van der Waals surface area contributed by atoms with Crippen molar-refractivity contribution in [2.75, 3.05) is 10.2 Å². The highest BCUT2D eigenvalue weighted by atomic mass is 35.5. The van der Waals surface area contributed by atoms with Crippen LogP contribution >= 0.6 is 24.2 Å². The topological polar surface area (TPSA) is 57.6 Å². The fourth-order valence-electron chi connectivity index (χ4n) is 1.17. The molecule has 1 aromatic rings. The summed E-state index contributed by atoms with van der Waals surface area (Å²) in [7, 11) is -4.10. The second kappa shape index (κ2) is 3.98. The van der Waals surface area contributed by atoms with Crippen molar-refractivity contribution in [3.63, 3.8) is 0 Å². The Kier molecular flexibility index (Phi) is 3.31. The third-order valence-electron chi connectivity index (χ3n) is 1.75. The van der Waals surface area contributed by atoms with Crippen molar-refractivity contribution >= 4 is 40.2 Å². The van der Waals surface area contributed by atoms with Crippen molar-refractivity contribution < 1.29 is 13.0 Å². The third-order valence-corrected chi connectivity index (χ3v) is 3.84. The fraction of sp³-hybridized carbons (Fsp3) is 0.143. The van der Waals surface area contributed by atoms with E-state index in [9.17, 15) is 8.42 Å². The van der Waals surface area contributed by atoms with Crippen LogP contribution in [0.3, 0.4) is 0 Å². The minimum atomic E-state index is -4.10. The molecule has 0 radical (unpaired) electrons. The Morgan fingerprint density at radius 1 is 1.36 bits per heavy atom. The van der Waals surface area contributed by atoms with E-state index in [0.29, 0.717) is 5.69 Å². The van der Waals surface area contributed by atoms with Gasteiger partial charge in [-0.05, 0) is 12.1 Å². The fourth-order valence-corrected chi connectivity index (χ4v) is 3.23. The molecule has 0 aliphatic carbocycles. The maximum Gasteiger partial charge on any atom is 0.360 e. The molecule has 14 heavy (non-hydrogen) atoms. The summed E-state index contributed by atoms with van der Waals surface area (Å²) < 4.78 is 31.6. The van der Waals surface area contributed by atoms with E-state index in [2.05, 4.69) is 0 Å². The van der Waals surface area contributed by atoms with Gasteiger partial charge in [0.2, 0.25) is 0 Å². The van der Waals surface area contributed by atoms with Gasteiger partial charge >= 0.3 is 10.3 Å². The second-order valence-corrected chi connectivity index (χ2v) is 4.89. The van der Waals surface area contributed by atoms with E-state index in [4.69, 9.17) is 4.55 Å². The molecule has 2 rings (SSSR count). The van der Waals surface area contributed by atoms with Gasteiger partial charge in [0.15, 0.2) is 0 Å². The van der Waals surface area contributed by atoms with Gasteiger partial charge in [-0.3, -0.25) is 4.55 Å². The van der Waals surface area contributed by atoms with E-state index in [1.807, 2.05) is 12.1 Å². The molecule has 1 aliphatic heterocycles. The Morgan fingerprint density at radius 2 is 2.00 bits per heavy atom. The molecule has 0 spiro atoms. The van der Waals surface area contributed by atoms with E-state index in [-0.39, 0.29) is 18.3 Å². The molecule has 0 saturated carbocycles. The Bertz CT molecular complexity index is 434. The van der Waals surface area contributed by atoms with Crippen molar-refractivity contribution in [3.8, 4) is 0 Å². The minimum Gasteiger partial charge on any atom is -0.269 e. The Balaban J connectivity index is 0.000000980. The summed E-state index contributed by atoms with van der Waals surface area (Å²) in [4.78, 5) is 0.875. The lowest BCUT2D eigenvalue weighted by molar-refractivity contribution is 0.481. The largest absolute Gasteiger partial charge is 0.360 e. The van der Waals surface area contributed by atoms with Crippen LogP contribution in [0.5, 0.6) is 0 Å². The number of benzene rings is 1. The van der Waals surface area contributed by atoms with Crippen LogP contribution in [0.25, 0.3) is 0 Å². The monoisotopic (exact) mass is 253 g/mol. The number of para-hydroxylation sites is 1. The van der Waals surface area contributed by atoms with E-state index in [1.54, 1.807) is 12.1 Å². The summed E-state index contributed by atoms with van der Waals surface area (Å²) in [6.07, 6.45) is 0. The first-order valence-corrected chi connectivity index (χ1v) is 5.94. The standard InChI is InChI=1S/C7H7NO3S2.ClH/c9-13(10,11)8-5-12-7-4-2-1-3-6(7)8;/h1-4H,5H2,(H,9,10,11);1H. The SMILES string of the molecule is Cl.O=S(=O)(O)N1CSc2ccccc21. The molecule has 0 atom stereocenters. The van der Waals surface area contributed by atoms with E-state index >= 15 is 0 Å². The zero-order valence-corrected chi connectivity index (χ0v) is 9.40. The van der Waals surface area contributed by atoms with Crippen LogP contribution in [0.2, 0.25) is 0 Å². The van der Waals surface area contributed by atoms with Crippen LogP contribution in [0.4, 0.5) is 5.69 Å². The predicted molar refractivity (Wildman–Crippen MR) is 58.4 cm³/mol. The summed E-state index contributed by atoms with van der Waals surface area (Å²) in [5, 5.41) is 0. The van der Waals surface area contributed by atoms with E-state index in [1.165, 1.54) is 11.8 Å². The van der Waals surface area contributed by atoms with Crippen LogP contribution in [0, 0.1) is 0 Å². The first-order chi connectivity index (χ1) is 6.09. The first kappa shape index (κ1) is 11.6. The molecule has 0 unspecified atom stereocenters. The zero-order chi connectivity index (χ0) is 9.47. The van der Waals surface area contributed by atoms with Gasteiger partial charge in [-0.15, -0.1) is 24.2 Å². The maximum atomic E-state index is 10.9. The van der Waals surface area contributed by atoms with Gasteiger partial charge < -0.3 is 0 Å². The summed E-state index contributed by atoms with van der Waals surface area (Å²) in [6.45, 7) is 0. The van der Waals surface area contributed by atoms with Crippen molar-refractivity contribution in [3.05, 3.63) is 24.3 Å². The highest BCUT2D eigenvalue weighted by molar-refractivity contribution is 8.01. The van der Waals surface area contributed by atoms with Crippen molar-refractivity contribution in [1.29, 1.82) is 0 Å². The number of nitrogens with zero attached hydrogens (tertiary/aromatic N) is 1. The lowest BCUT2D eigenvalue weighted by Crippen LogP contribution is -2.26. The maximum absolute atomic E-state index is 10.9. The minimum absolute atomic E-state index is 0. The first-order valence-electron chi connectivity index (χ1n) is 3.56. The molecule has 0 aromatic heterocycles. The van der Waals surface area contributed by atoms with Gasteiger partial charge in [-0.2, -0.15) is 8.42 Å². The zero-order valence-electron chi connectivity index (χ0n) is 6.95. The lowest BCUT2D eigenvalue weighted by atomic mass is 10.3. The van der Waals surface area contributed by atoms with Gasteiger partial charge in [0.05, 0.1) is 11.6 Å². The molecule has 4 nitrogen and oxygen atoms in total. The molecule has 78 valence electrons. The van der Waals surface area contributed by atoms with Gasteiger partial charge in [-0.1, -0.05) is 12.1 Å². The number of fused-ring (bicyclic) bond motifs is 1. The molecule has 0 bridgehead atoms. The molecule has 7 heteroatoms.